The van der Waals surface area contributed by atoms with Crippen molar-refractivity contribution in [2.24, 2.45) is 0 Å². The molecule has 0 saturated heterocycles. The smallest absolute Gasteiger partial charge is 0.240 e. The van der Waals surface area contributed by atoms with Crippen LogP contribution in [-0.4, -0.2) is 15.0 Å². The molecule has 92 valence electrons. The van der Waals surface area contributed by atoms with Crippen molar-refractivity contribution in [2.75, 3.05) is 12.3 Å². The van der Waals surface area contributed by atoms with Crippen LogP contribution in [0.2, 0.25) is 0 Å². The van der Waals surface area contributed by atoms with E-state index in [4.69, 9.17) is 12.2 Å². The average Bonchev–Trinajstić information content (AvgIpc) is 2.23. The third kappa shape index (κ3) is 3.46. The van der Waals surface area contributed by atoms with Gasteiger partial charge in [-0.3, -0.25) is 0 Å². The summed E-state index contributed by atoms with van der Waals surface area (Å²) in [5.41, 5.74) is 6.67. The number of terminal acetylenes is 1. The number of nitrogens with one attached hydrogen (secondary N) is 1. The minimum absolute atomic E-state index is 0.168. The number of hydrogen-bond donors (Lipinski definition) is 2. The summed E-state index contributed by atoms with van der Waals surface area (Å²) in [6.45, 7) is 1.88. The van der Waals surface area contributed by atoms with Crippen molar-refractivity contribution < 1.29 is 8.42 Å². The number of nitrogens with two attached hydrogens (primary N) is 1. The molecule has 1 aromatic rings. The van der Waals surface area contributed by atoms with Crippen LogP contribution in [0.1, 0.15) is 12.0 Å². The van der Waals surface area contributed by atoms with E-state index in [1.54, 1.807) is 13.0 Å². The first-order valence-electron chi connectivity index (χ1n) is 4.87. The average molecular weight is 317 g/mol. The van der Waals surface area contributed by atoms with Gasteiger partial charge in [0.25, 0.3) is 0 Å². The normalized spacial score (nSPS) is 11.1. The molecule has 0 aliphatic rings. The van der Waals surface area contributed by atoms with Gasteiger partial charge in [-0.25, -0.2) is 13.1 Å². The Hall–Kier alpha value is -1.03. The monoisotopic (exact) mass is 316 g/mol. The van der Waals surface area contributed by atoms with Crippen LogP contribution >= 0.6 is 15.9 Å². The van der Waals surface area contributed by atoms with Crippen molar-refractivity contribution >= 4 is 31.6 Å². The van der Waals surface area contributed by atoms with Crippen LogP contribution in [0, 0.1) is 19.3 Å². The molecule has 0 bridgehead atoms. The van der Waals surface area contributed by atoms with Gasteiger partial charge in [-0.1, -0.05) is 15.9 Å². The predicted octanol–water partition coefficient (Wildman–Crippen LogP) is 1.64. The minimum atomic E-state index is -3.56. The first-order valence-corrected chi connectivity index (χ1v) is 7.15. The molecule has 0 heterocycles. The molecule has 0 amide bonds. The van der Waals surface area contributed by atoms with E-state index in [9.17, 15) is 8.42 Å². The molecule has 6 heteroatoms. The highest BCUT2D eigenvalue weighted by Gasteiger charge is 2.18. The maximum absolute atomic E-state index is 12.0. The highest BCUT2D eigenvalue weighted by molar-refractivity contribution is 9.10. The van der Waals surface area contributed by atoms with Crippen molar-refractivity contribution in [2.45, 2.75) is 18.2 Å². The van der Waals surface area contributed by atoms with Gasteiger partial charge in [-0.2, -0.15) is 0 Å². The zero-order chi connectivity index (χ0) is 13.1. The molecule has 0 fully saturated rings. The van der Waals surface area contributed by atoms with E-state index in [0.717, 1.165) is 0 Å². The summed E-state index contributed by atoms with van der Waals surface area (Å²) >= 11 is 3.22. The Morgan fingerprint density at radius 3 is 2.76 bits per heavy atom. The van der Waals surface area contributed by atoms with Gasteiger partial charge < -0.3 is 5.73 Å². The van der Waals surface area contributed by atoms with Crippen molar-refractivity contribution in [1.29, 1.82) is 0 Å². The Morgan fingerprint density at radius 2 is 2.18 bits per heavy atom. The summed E-state index contributed by atoms with van der Waals surface area (Å²) in [5, 5.41) is 0. The Morgan fingerprint density at radius 1 is 1.53 bits per heavy atom. The zero-order valence-electron chi connectivity index (χ0n) is 9.33. The molecule has 0 unspecified atom stereocenters. The second-order valence-corrected chi connectivity index (χ2v) is 6.12. The lowest BCUT2D eigenvalue weighted by Crippen LogP contribution is -2.25. The number of rotatable bonds is 4. The van der Waals surface area contributed by atoms with Crippen LogP contribution in [-0.2, 0) is 10.0 Å². The van der Waals surface area contributed by atoms with Crippen LogP contribution < -0.4 is 10.5 Å². The lowest BCUT2D eigenvalue weighted by molar-refractivity contribution is 0.582. The van der Waals surface area contributed by atoms with Crippen LogP contribution in [0.4, 0.5) is 5.69 Å². The number of benzene rings is 1. The van der Waals surface area contributed by atoms with E-state index >= 15 is 0 Å². The fourth-order valence-corrected chi connectivity index (χ4v) is 3.25. The van der Waals surface area contributed by atoms with Crippen LogP contribution in [0.25, 0.3) is 0 Å². The number of anilines is 1. The van der Waals surface area contributed by atoms with Crippen LogP contribution in [0.5, 0.6) is 0 Å². The first kappa shape index (κ1) is 14.0. The quantitative estimate of drug-likeness (QED) is 0.504. The largest absolute Gasteiger partial charge is 0.398 e. The zero-order valence-corrected chi connectivity index (χ0v) is 11.7. The molecule has 17 heavy (non-hydrogen) atoms. The summed E-state index contributed by atoms with van der Waals surface area (Å²) < 4.78 is 27.0. The van der Waals surface area contributed by atoms with Gasteiger partial charge in [0.05, 0.1) is 4.90 Å². The molecule has 3 N–H and O–H groups in total. The number of sulfonamides is 1. The molecule has 0 aliphatic carbocycles. The molecule has 0 aliphatic heterocycles. The maximum Gasteiger partial charge on any atom is 0.240 e. The Bertz CT molecular complexity index is 562. The third-order valence-corrected chi connectivity index (χ3v) is 4.26. The van der Waals surface area contributed by atoms with Crippen molar-refractivity contribution in [3.05, 3.63) is 22.2 Å². The van der Waals surface area contributed by atoms with E-state index in [1.165, 1.54) is 6.07 Å². The van der Waals surface area contributed by atoms with Gasteiger partial charge in [-0.05, 0) is 24.6 Å². The maximum atomic E-state index is 12.0. The molecular formula is C11H13BrN2O2S. The van der Waals surface area contributed by atoms with Crippen molar-refractivity contribution in [3.8, 4) is 12.3 Å². The minimum Gasteiger partial charge on any atom is -0.398 e. The Kier molecular flexibility index (Phi) is 4.57. The summed E-state index contributed by atoms with van der Waals surface area (Å²) in [6, 6.07) is 3.18. The highest BCUT2D eigenvalue weighted by atomic mass is 79.9. The molecule has 0 aromatic heterocycles. The molecule has 1 rings (SSSR count). The first-order chi connectivity index (χ1) is 7.88. The van der Waals surface area contributed by atoms with Gasteiger partial charge in [0.1, 0.15) is 0 Å². The highest BCUT2D eigenvalue weighted by Crippen LogP contribution is 2.26. The SMILES string of the molecule is C#CCCNS(=O)(=O)c1cc(Br)cc(N)c1C. The lowest BCUT2D eigenvalue weighted by Gasteiger charge is -2.11. The second-order valence-electron chi connectivity index (χ2n) is 3.47. The van der Waals surface area contributed by atoms with Crippen molar-refractivity contribution in [1.82, 2.24) is 4.72 Å². The predicted molar refractivity (Wildman–Crippen MR) is 71.9 cm³/mol. The van der Waals surface area contributed by atoms with E-state index in [2.05, 4.69) is 26.6 Å². The van der Waals surface area contributed by atoms with Crippen LogP contribution in [0.15, 0.2) is 21.5 Å². The van der Waals surface area contributed by atoms with Gasteiger partial charge in [0.15, 0.2) is 0 Å². The fourth-order valence-electron chi connectivity index (χ4n) is 1.29. The fraction of sp³-hybridized carbons (Fsp3) is 0.273. The van der Waals surface area contributed by atoms with Gasteiger partial charge >= 0.3 is 0 Å². The number of halogens is 1. The number of hydrogen-bond acceptors (Lipinski definition) is 3. The molecule has 4 nitrogen and oxygen atoms in total. The third-order valence-electron chi connectivity index (χ3n) is 2.22. The molecule has 1 aromatic carbocycles. The van der Waals surface area contributed by atoms with Crippen LogP contribution in [0.3, 0.4) is 0 Å². The summed E-state index contributed by atoms with van der Waals surface area (Å²) in [5.74, 6) is 2.37. The summed E-state index contributed by atoms with van der Waals surface area (Å²) in [6.07, 6.45) is 5.41. The Balaban J connectivity index is 3.12. The standard InChI is InChI=1S/C11H13BrN2O2S/c1-3-4-5-14-17(15,16)11-7-9(12)6-10(13)8(11)2/h1,6-7,14H,4-5,13H2,2H3. The summed E-state index contributed by atoms with van der Waals surface area (Å²) in [4.78, 5) is 0.168. The van der Waals surface area contributed by atoms with E-state index in [-0.39, 0.29) is 11.4 Å². The molecule has 0 radical (unpaired) electrons. The Labute approximate surface area is 110 Å². The van der Waals surface area contributed by atoms with Gasteiger partial charge in [-0.15, -0.1) is 12.3 Å². The topological polar surface area (TPSA) is 72.2 Å². The lowest BCUT2D eigenvalue weighted by atomic mass is 10.2. The summed E-state index contributed by atoms with van der Waals surface area (Å²) in [7, 11) is -3.56. The van der Waals surface area contributed by atoms with E-state index in [1.807, 2.05) is 0 Å². The molecule has 0 spiro atoms. The second kappa shape index (κ2) is 5.54. The molecular weight excluding hydrogens is 304 g/mol. The molecule has 0 atom stereocenters. The van der Waals surface area contributed by atoms with E-state index in [0.29, 0.717) is 22.1 Å². The molecule has 0 saturated carbocycles. The van der Waals surface area contributed by atoms with Gasteiger partial charge in [0, 0.05) is 23.1 Å². The van der Waals surface area contributed by atoms with Crippen molar-refractivity contribution in [3.63, 3.8) is 0 Å². The van der Waals surface area contributed by atoms with E-state index < -0.39 is 10.0 Å². The number of nitrogen functional groups attached to an aromatic ring is 1. The van der Waals surface area contributed by atoms with Gasteiger partial charge in [0.2, 0.25) is 10.0 Å².